The van der Waals surface area contributed by atoms with Crippen molar-refractivity contribution in [3.05, 3.63) is 30.1 Å². The van der Waals surface area contributed by atoms with Gasteiger partial charge in [-0.25, -0.2) is 4.98 Å². The molecule has 19 heavy (non-hydrogen) atoms. The Bertz CT molecular complexity index is 594. The van der Waals surface area contributed by atoms with Gasteiger partial charge in [-0.3, -0.25) is 4.79 Å². The maximum Gasteiger partial charge on any atom is 0.143 e. The van der Waals surface area contributed by atoms with E-state index in [2.05, 4.69) is 22.5 Å². The fourth-order valence-corrected chi connectivity index (χ4v) is 3.16. The Balaban J connectivity index is 1.89. The van der Waals surface area contributed by atoms with Crippen molar-refractivity contribution >= 4 is 16.8 Å². The van der Waals surface area contributed by atoms with Crippen molar-refractivity contribution < 1.29 is 4.79 Å². The largest absolute Gasteiger partial charge is 0.328 e. The van der Waals surface area contributed by atoms with E-state index in [0.29, 0.717) is 12.2 Å². The summed E-state index contributed by atoms with van der Waals surface area (Å²) in [5.41, 5.74) is 2.14. The first kappa shape index (κ1) is 12.4. The van der Waals surface area contributed by atoms with Gasteiger partial charge in [-0.2, -0.15) is 0 Å². The van der Waals surface area contributed by atoms with Gasteiger partial charge in [0.15, 0.2) is 0 Å². The SMILES string of the molecule is CCn1c(CC(=O)C2CCCC2)nc2ccccc21. The molecule has 0 aliphatic heterocycles. The molecular formula is C16H20N2O. The molecule has 1 fully saturated rings. The van der Waals surface area contributed by atoms with Gasteiger partial charge in [0.2, 0.25) is 0 Å². The van der Waals surface area contributed by atoms with Crippen molar-refractivity contribution in [2.45, 2.75) is 45.6 Å². The average Bonchev–Trinajstić information content (AvgIpc) is 3.05. The number of rotatable bonds is 4. The number of carbonyl (C=O) groups excluding carboxylic acids is 1. The second-order valence-corrected chi connectivity index (χ2v) is 5.39. The first-order valence-electron chi connectivity index (χ1n) is 7.26. The van der Waals surface area contributed by atoms with Crippen LogP contribution < -0.4 is 0 Å². The lowest BCUT2D eigenvalue weighted by molar-refractivity contribution is -0.122. The van der Waals surface area contributed by atoms with Crippen molar-refractivity contribution in [3.8, 4) is 0 Å². The Kier molecular flexibility index (Phi) is 3.36. The highest BCUT2D eigenvalue weighted by molar-refractivity contribution is 5.84. The minimum atomic E-state index is 0.283. The first-order valence-corrected chi connectivity index (χ1v) is 7.26. The number of hydrogen-bond acceptors (Lipinski definition) is 2. The van der Waals surface area contributed by atoms with Gasteiger partial charge < -0.3 is 4.57 Å². The number of imidazole rings is 1. The van der Waals surface area contributed by atoms with Crippen LogP contribution in [0.1, 0.15) is 38.4 Å². The molecule has 0 bridgehead atoms. The zero-order valence-corrected chi connectivity index (χ0v) is 11.4. The summed E-state index contributed by atoms with van der Waals surface area (Å²) in [4.78, 5) is 16.9. The summed E-state index contributed by atoms with van der Waals surface area (Å²) in [7, 11) is 0. The van der Waals surface area contributed by atoms with E-state index in [1.165, 1.54) is 12.8 Å². The Morgan fingerprint density at radius 2 is 2.05 bits per heavy atom. The molecule has 0 radical (unpaired) electrons. The van der Waals surface area contributed by atoms with Gasteiger partial charge in [0.25, 0.3) is 0 Å². The van der Waals surface area contributed by atoms with Crippen molar-refractivity contribution in [2.75, 3.05) is 0 Å². The molecular weight excluding hydrogens is 236 g/mol. The average molecular weight is 256 g/mol. The minimum absolute atomic E-state index is 0.283. The third-order valence-electron chi connectivity index (χ3n) is 4.19. The Morgan fingerprint density at radius 3 is 2.79 bits per heavy atom. The predicted octanol–water partition coefficient (Wildman–Crippen LogP) is 3.36. The molecule has 1 aliphatic rings. The van der Waals surface area contributed by atoms with Crippen LogP contribution in [0.2, 0.25) is 0 Å². The zero-order valence-electron chi connectivity index (χ0n) is 11.4. The summed E-state index contributed by atoms with van der Waals surface area (Å²) in [5.74, 6) is 1.59. The smallest absolute Gasteiger partial charge is 0.143 e. The summed E-state index contributed by atoms with van der Waals surface area (Å²) in [6.07, 6.45) is 5.06. The maximum absolute atomic E-state index is 12.3. The van der Waals surface area contributed by atoms with Crippen LogP contribution in [0.5, 0.6) is 0 Å². The highest BCUT2D eigenvalue weighted by Gasteiger charge is 2.24. The number of carbonyl (C=O) groups is 1. The van der Waals surface area contributed by atoms with Crippen LogP contribution in [0.25, 0.3) is 11.0 Å². The predicted molar refractivity (Wildman–Crippen MR) is 76.1 cm³/mol. The quantitative estimate of drug-likeness (QED) is 0.840. The summed E-state index contributed by atoms with van der Waals surface area (Å²) < 4.78 is 2.17. The normalized spacial score (nSPS) is 16.3. The van der Waals surface area contributed by atoms with Gasteiger partial charge in [0, 0.05) is 12.5 Å². The zero-order chi connectivity index (χ0) is 13.2. The van der Waals surface area contributed by atoms with Gasteiger partial charge in [0.05, 0.1) is 17.5 Å². The van der Waals surface area contributed by atoms with Crippen LogP contribution in [-0.4, -0.2) is 15.3 Å². The first-order chi connectivity index (χ1) is 9.29. The lowest BCUT2D eigenvalue weighted by Gasteiger charge is -2.09. The molecule has 1 heterocycles. The molecule has 3 nitrogen and oxygen atoms in total. The number of Topliss-reactive ketones (excluding diaryl/α,β-unsaturated/α-hetero) is 1. The molecule has 2 aromatic rings. The monoisotopic (exact) mass is 256 g/mol. The van der Waals surface area contributed by atoms with Crippen LogP contribution >= 0.6 is 0 Å². The van der Waals surface area contributed by atoms with Gasteiger partial charge in [-0.15, -0.1) is 0 Å². The van der Waals surface area contributed by atoms with Crippen molar-refractivity contribution in [1.29, 1.82) is 0 Å². The van der Waals surface area contributed by atoms with Gasteiger partial charge in [-0.05, 0) is 31.9 Å². The van der Waals surface area contributed by atoms with Gasteiger partial charge >= 0.3 is 0 Å². The van der Waals surface area contributed by atoms with Crippen LogP contribution in [0.15, 0.2) is 24.3 Å². The van der Waals surface area contributed by atoms with E-state index in [9.17, 15) is 4.79 Å². The van der Waals surface area contributed by atoms with Crippen LogP contribution in [0.3, 0.4) is 0 Å². The molecule has 0 spiro atoms. The summed E-state index contributed by atoms with van der Waals surface area (Å²) >= 11 is 0. The number of aryl methyl sites for hydroxylation is 1. The molecule has 1 aliphatic carbocycles. The van der Waals surface area contributed by atoms with Crippen molar-refractivity contribution in [3.63, 3.8) is 0 Å². The highest BCUT2D eigenvalue weighted by Crippen LogP contribution is 2.27. The molecule has 3 heteroatoms. The molecule has 0 amide bonds. The Morgan fingerprint density at radius 1 is 1.32 bits per heavy atom. The second kappa shape index (κ2) is 5.16. The highest BCUT2D eigenvalue weighted by atomic mass is 16.1. The Hall–Kier alpha value is -1.64. The number of aromatic nitrogens is 2. The molecule has 1 saturated carbocycles. The minimum Gasteiger partial charge on any atom is -0.328 e. The third-order valence-corrected chi connectivity index (χ3v) is 4.19. The number of nitrogens with zero attached hydrogens (tertiary/aromatic N) is 2. The summed E-state index contributed by atoms with van der Waals surface area (Å²) in [6.45, 7) is 2.98. The summed E-state index contributed by atoms with van der Waals surface area (Å²) in [6, 6.07) is 8.12. The van der Waals surface area contributed by atoms with Crippen LogP contribution in [0.4, 0.5) is 0 Å². The number of benzene rings is 1. The molecule has 0 unspecified atom stereocenters. The number of ketones is 1. The van der Waals surface area contributed by atoms with Crippen LogP contribution in [0, 0.1) is 5.92 Å². The van der Waals surface area contributed by atoms with Crippen LogP contribution in [-0.2, 0) is 17.8 Å². The van der Waals surface area contributed by atoms with E-state index in [1.54, 1.807) is 0 Å². The lowest BCUT2D eigenvalue weighted by Crippen LogP contribution is -2.16. The number of hydrogen-bond donors (Lipinski definition) is 0. The van der Waals surface area contributed by atoms with E-state index in [1.807, 2.05) is 18.2 Å². The van der Waals surface area contributed by atoms with E-state index in [-0.39, 0.29) is 5.92 Å². The fourth-order valence-electron chi connectivity index (χ4n) is 3.16. The van der Waals surface area contributed by atoms with E-state index in [4.69, 9.17) is 0 Å². The Labute approximate surface area is 113 Å². The van der Waals surface area contributed by atoms with E-state index < -0.39 is 0 Å². The van der Waals surface area contributed by atoms with E-state index in [0.717, 1.165) is 36.2 Å². The standard InChI is InChI=1S/C16H20N2O/c1-2-18-14-10-6-5-9-13(14)17-16(18)11-15(19)12-7-3-4-8-12/h5-6,9-10,12H,2-4,7-8,11H2,1H3. The lowest BCUT2D eigenvalue weighted by atomic mass is 10.00. The van der Waals surface area contributed by atoms with Crippen molar-refractivity contribution in [2.24, 2.45) is 5.92 Å². The van der Waals surface area contributed by atoms with Gasteiger partial charge in [-0.1, -0.05) is 25.0 Å². The molecule has 3 rings (SSSR count). The second-order valence-electron chi connectivity index (χ2n) is 5.39. The molecule has 1 aromatic heterocycles. The number of fused-ring (bicyclic) bond motifs is 1. The molecule has 0 saturated heterocycles. The topological polar surface area (TPSA) is 34.9 Å². The van der Waals surface area contributed by atoms with Crippen molar-refractivity contribution in [1.82, 2.24) is 9.55 Å². The van der Waals surface area contributed by atoms with Gasteiger partial charge in [0.1, 0.15) is 11.6 Å². The summed E-state index contributed by atoms with van der Waals surface area (Å²) in [5, 5.41) is 0. The maximum atomic E-state index is 12.3. The molecule has 1 aromatic carbocycles. The van der Waals surface area contributed by atoms with E-state index >= 15 is 0 Å². The number of para-hydroxylation sites is 2. The molecule has 0 N–H and O–H groups in total. The fraction of sp³-hybridized carbons (Fsp3) is 0.500. The third kappa shape index (κ3) is 2.29. The molecule has 100 valence electrons. The molecule has 0 atom stereocenters.